The molecule has 2 rings (SSSR count). The predicted octanol–water partition coefficient (Wildman–Crippen LogP) is 4.90. The van der Waals surface area contributed by atoms with Crippen LogP contribution in [0.2, 0.25) is 0 Å². The number of hydrogen-bond acceptors (Lipinski definition) is 2. The Kier molecular flexibility index (Phi) is 5.02. The SMILES string of the molecule is CC(N)c1ccc(SCc2cc(Br)ccc2F)cc1. The lowest BCUT2D eigenvalue weighted by atomic mass is 10.1. The maximum Gasteiger partial charge on any atom is 0.127 e. The van der Waals surface area contributed by atoms with Gasteiger partial charge in [-0.2, -0.15) is 0 Å². The quantitative estimate of drug-likeness (QED) is 0.801. The highest BCUT2D eigenvalue weighted by molar-refractivity contribution is 9.10. The average molecular weight is 340 g/mol. The van der Waals surface area contributed by atoms with Crippen LogP contribution >= 0.6 is 27.7 Å². The summed E-state index contributed by atoms with van der Waals surface area (Å²) in [5.74, 6) is 0.450. The molecule has 1 unspecified atom stereocenters. The number of rotatable bonds is 4. The van der Waals surface area contributed by atoms with Crippen molar-refractivity contribution in [2.75, 3.05) is 0 Å². The van der Waals surface area contributed by atoms with E-state index in [0.29, 0.717) is 11.3 Å². The lowest BCUT2D eigenvalue weighted by molar-refractivity contribution is 0.617. The Labute approximate surface area is 125 Å². The Hall–Kier alpha value is -0.840. The van der Waals surface area contributed by atoms with Gasteiger partial charge in [0.25, 0.3) is 0 Å². The van der Waals surface area contributed by atoms with Crippen molar-refractivity contribution in [1.29, 1.82) is 0 Å². The fourth-order valence-corrected chi connectivity index (χ4v) is 2.96. The van der Waals surface area contributed by atoms with Gasteiger partial charge in [-0.15, -0.1) is 11.8 Å². The van der Waals surface area contributed by atoms with Gasteiger partial charge in [0, 0.05) is 21.2 Å². The van der Waals surface area contributed by atoms with E-state index >= 15 is 0 Å². The van der Waals surface area contributed by atoms with E-state index in [1.165, 1.54) is 6.07 Å². The topological polar surface area (TPSA) is 26.0 Å². The molecule has 100 valence electrons. The van der Waals surface area contributed by atoms with E-state index in [0.717, 1.165) is 14.9 Å². The van der Waals surface area contributed by atoms with E-state index in [1.807, 2.05) is 37.3 Å². The Morgan fingerprint density at radius 1 is 1.21 bits per heavy atom. The minimum atomic E-state index is -0.164. The minimum absolute atomic E-state index is 0.0431. The molecule has 0 aliphatic rings. The van der Waals surface area contributed by atoms with Gasteiger partial charge in [0.15, 0.2) is 0 Å². The Morgan fingerprint density at radius 2 is 1.89 bits per heavy atom. The van der Waals surface area contributed by atoms with Gasteiger partial charge in [0.2, 0.25) is 0 Å². The fraction of sp³-hybridized carbons (Fsp3) is 0.200. The van der Waals surface area contributed by atoms with Gasteiger partial charge in [0.1, 0.15) is 5.82 Å². The second kappa shape index (κ2) is 6.55. The van der Waals surface area contributed by atoms with Gasteiger partial charge in [-0.1, -0.05) is 28.1 Å². The summed E-state index contributed by atoms with van der Waals surface area (Å²) in [5.41, 5.74) is 7.62. The highest BCUT2D eigenvalue weighted by Gasteiger charge is 2.04. The first-order valence-electron chi connectivity index (χ1n) is 5.98. The highest BCUT2D eigenvalue weighted by atomic mass is 79.9. The van der Waals surface area contributed by atoms with Gasteiger partial charge in [0.05, 0.1) is 0 Å². The van der Waals surface area contributed by atoms with Crippen LogP contribution in [0.1, 0.15) is 24.1 Å². The van der Waals surface area contributed by atoms with Crippen LogP contribution in [0.15, 0.2) is 51.8 Å². The molecule has 0 fully saturated rings. The number of benzene rings is 2. The van der Waals surface area contributed by atoms with Crippen molar-refractivity contribution < 1.29 is 4.39 Å². The van der Waals surface area contributed by atoms with Crippen LogP contribution in [0.3, 0.4) is 0 Å². The normalized spacial score (nSPS) is 12.4. The molecule has 2 N–H and O–H groups in total. The van der Waals surface area contributed by atoms with E-state index in [4.69, 9.17) is 5.73 Å². The summed E-state index contributed by atoms with van der Waals surface area (Å²) in [7, 11) is 0. The summed E-state index contributed by atoms with van der Waals surface area (Å²) >= 11 is 4.97. The van der Waals surface area contributed by atoms with E-state index in [-0.39, 0.29) is 11.9 Å². The standard InChI is InChI=1S/C15H15BrFNS/c1-10(18)11-2-5-14(6-3-11)19-9-12-8-13(16)4-7-15(12)17/h2-8,10H,9,18H2,1H3. The average Bonchev–Trinajstić information content (AvgIpc) is 2.40. The Morgan fingerprint density at radius 3 is 2.53 bits per heavy atom. The first-order valence-corrected chi connectivity index (χ1v) is 7.76. The van der Waals surface area contributed by atoms with Gasteiger partial charge in [-0.05, 0) is 48.4 Å². The molecule has 0 radical (unpaired) electrons. The molecule has 0 spiro atoms. The third kappa shape index (κ3) is 4.06. The summed E-state index contributed by atoms with van der Waals surface area (Å²) in [6.07, 6.45) is 0. The second-order valence-corrected chi connectivity index (χ2v) is 6.35. The maximum atomic E-state index is 13.6. The molecule has 4 heteroatoms. The first kappa shape index (κ1) is 14.6. The van der Waals surface area contributed by atoms with Crippen LogP contribution < -0.4 is 5.73 Å². The smallest absolute Gasteiger partial charge is 0.127 e. The molecule has 1 atom stereocenters. The summed E-state index contributed by atoms with van der Waals surface area (Å²) in [6, 6.07) is 13.1. The fourth-order valence-electron chi connectivity index (χ4n) is 1.68. The number of hydrogen-bond donors (Lipinski definition) is 1. The summed E-state index contributed by atoms with van der Waals surface area (Å²) in [5, 5.41) is 0. The lowest BCUT2D eigenvalue weighted by Gasteiger charge is -2.07. The monoisotopic (exact) mass is 339 g/mol. The van der Waals surface area contributed by atoms with Crippen LogP contribution in [0.4, 0.5) is 4.39 Å². The third-order valence-electron chi connectivity index (χ3n) is 2.81. The molecule has 0 aliphatic heterocycles. The zero-order chi connectivity index (χ0) is 13.8. The van der Waals surface area contributed by atoms with E-state index < -0.39 is 0 Å². The van der Waals surface area contributed by atoms with Gasteiger partial charge >= 0.3 is 0 Å². The minimum Gasteiger partial charge on any atom is -0.324 e. The molecule has 0 saturated carbocycles. The van der Waals surface area contributed by atoms with Gasteiger partial charge in [-0.3, -0.25) is 0 Å². The number of halogens is 2. The van der Waals surface area contributed by atoms with Crippen LogP contribution in [0.5, 0.6) is 0 Å². The Balaban J connectivity index is 2.04. The zero-order valence-corrected chi connectivity index (χ0v) is 13.0. The van der Waals surface area contributed by atoms with E-state index in [1.54, 1.807) is 17.8 Å². The molecule has 2 aromatic carbocycles. The van der Waals surface area contributed by atoms with Gasteiger partial charge in [-0.25, -0.2) is 4.39 Å². The van der Waals surface area contributed by atoms with Crippen LogP contribution in [-0.2, 0) is 5.75 Å². The molecule has 0 amide bonds. The predicted molar refractivity (Wildman–Crippen MR) is 82.7 cm³/mol. The molecular weight excluding hydrogens is 325 g/mol. The Bertz CT molecular complexity index is 555. The molecule has 0 aromatic heterocycles. The van der Waals surface area contributed by atoms with E-state index in [9.17, 15) is 4.39 Å². The molecule has 0 aliphatic carbocycles. The molecule has 0 saturated heterocycles. The van der Waals surface area contributed by atoms with Crippen molar-refractivity contribution in [2.45, 2.75) is 23.6 Å². The van der Waals surface area contributed by atoms with Crippen molar-refractivity contribution in [3.63, 3.8) is 0 Å². The third-order valence-corrected chi connectivity index (χ3v) is 4.36. The zero-order valence-electron chi connectivity index (χ0n) is 10.6. The largest absolute Gasteiger partial charge is 0.324 e. The summed E-state index contributed by atoms with van der Waals surface area (Å²) < 4.78 is 14.5. The highest BCUT2D eigenvalue weighted by Crippen LogP contribution is 2.26. The number of thioether (sulfide) groups is 1. The van der Waals surface area contributed by atoms with Crippen molar-refractivity contribution >= 4 is 27.7 Å². The van der Waals surface area contributed by atoms with Gasteiger partial charge < -0.3 is 5.73 Å². The first-order chi connectivity index (χ1) is 9.06. The van der Waals surface area contributed by atoms with Crippen molar-refractivity contribution in [2.24, 2.45) is 5.73 Å². The van der Waals surface area contributed by atoms with Crippen molar-refractivity contribution in [3.8, 4) is 0 Å². The van der Waals surface area contributed by atoms with Crippen molar-refractivity contribution in [1.82, 2.24) is 0 Å². The summed E-state index contributed by atoms with van der Waals surface area (Å²) in [4.78, 5) is 1.11. The number of nitrogens with two attached hydrogens (primary N) is 1. The van der Waals surface area contributed by atoms with E-state index in [2.05, 4.69) is 15.9 Å². The molecule has 19 heavy (non-hydrogen) atoms. The molecule has 0 bridgehead atoms. The maximum absolute atomic E-state index is 13.6. The van der Waals surface area contributed by atoms with Crippen molar-refractivity contribution in [3.05, 3.63) is 63.9 Å². The van der Waals surface area contributed by atoms with Crippen LogP contribution in [-0.4, -0.2) is 0 Å². The van der Waals surface area contributed by atoms with Crippen LogP contribution in [0.25, 0.3) is 0 Å². The summed E-state index contributed by atoms with van der Waals surface area (Å²) in [6.45, 7) is 1.96. The lowest BCUT2D eigenvalue weighted by Crippen LogP contribution is -2.04. The molecule has 0 heterocycles. The molecular formula is C15H15BrFNS. The molecule has 2 aromatic rings. The molecule has 1 nitrogen and oxygen atoms in total. The second-order valence-electron chi connectivity index (χ2n) is 4.38. The van der Waals surface area contributed by atoms with Crippen LogP contribution in [0, 0.1) is 5.82 Å².